The molecule has 9 heteroatoms. The van der Waals surface area contributed by atoms with Crippen LogP contribution in [0.2, 0.25) is 0 Å². The van der Waals surface area contributed by atoms with E-state index in [2.05, 4.69) is 0 Å². The monoisotopic (exact) mass is 330 g/mol. The van der Waals surface area contributed by atoms with Gasteiger partial charge in [-0.25, -0.2) is 0 Å². The lowest BCUT2D eigenvalue weighted by atomic mass is 9.99. The van der Waals surface area contributed by atoms with Crippen molar-refractivity contribution in [3.8, 4) is 17.2 Å². The summed E-state index contributed by atoms with van der Waals surface area (Å²) in [5.74, 6) is -1.76. The molecule has 2 rings (SSSR count). The maximum Gasteiger partial charge on any atom is 0.229 e. The van der Waals surface area contributed by atoms with Crippen LogP contribution in [-0.2, 0) is 4.74 Å². The number of phenols is 2. The molecule has 1 heterocycles. The van der Waals surface area contributed by atoms with Crippen molar-refractivity contribution >= 4 is 5.78 Å². The highest BCUT2D eigenvalue weighted by Gasteiger charge is 2.44. The van der Waals surface area contributed by atoms with Crippen molar-refractivity contribution in [3.05, 3.63) is 17.7 Å². The first-order valence-corrected chi connectivity index (χ1v) is 6.80. The van der Waals surface area contributed by atoms with Crippen LogP contribution in [-0.4, -0.2) is 73.7 Å². The fourth-order valence-corrected chi connectivity index (χ4v) is 2.31. The zero-order chi connectivity index (χ0) is 17.3. The van der Waals surface area contributed by atoms with Crippen molar-refractivity contribution in [1.82, 2.24) is 0 Å². The van der Waals surface area contributed by atoms with Crippen LogP contribution in [0.1, 0.15) is 17.3 Å². The molecule has 0 spiro atoms. The molecule has 0 aromatic heterocycles. The van der Waals surface area contributed by atoms with Gasteiger partial charge in [0, 0.05) is 12.1 Å². The van der Waals surface area contributed by atoms with Crippen LogP contribution in [0, 0.1) is 0 Å². The third-order valence-corrected chi connectivity index (χ3v) is 3.52. The van der Waals surface area contributed by atoms with Crippen molar-refractivity contribution < 1.29 is 44.9 Å². The number of hydrogen-bond donors (Lipinski definition) is 6. The van der Waals surface area contributed by atoms with Crippen LogP contribution in [0.3, 0.4) is 0 Å². The molecule has 9 nitrogen and oxygen atoms in total. The minimum absolute atomic E-state index is 0.144. The van der Waals surface area contributed by atoms with Gasteiger partial charge in [-0.3, -0.25) is 4.79 Å². The molecule has 128 valence electrons. The Bertz CT molecular complexity index is 563. The van der Waals surface area contributed by atoms with Gasteiger partial charge in [0.1, 0.15) is 47.2 Å². The summed E-state index contributed by atoms with van der Waals surface area (Å²) in [6.07, 6.45) is -7.41. The summed E-state index contributed by atoms with van der Waals surface area (Å²) in [6, 6.07) is 2.05. The van der Waals surface area contributed by atoms with Crippen LogP contribution in [0.4, 0.5) is 0 Å². The average molecular weight is 330 g/mol. The van der Waals surface area contributed by atoms with Gasteiger partial charge in [-0.2, -0.15) is 0 Å². The average Bonchev–Trinajstić information content (AvgIpc) is 2.46. The lowest BCUT2D eigenvalue weighted by Gasteiger charge is -2.39. The van der Waals surface area contributed by atoms with Gasteiger partial charge in [0.15, 0.2) is 5.78 Å². The van der Waals surface area contributed by atoms with Crippen molar-refractivity contribution in [1.29, 1.82) is 0 Å². The highest BCUT2D eigenvalue weighted by atomic mass is 16.7. The van der Waals surface area contributed by atoms with E-state index in [1.807, 2.05) is 0 Å². The largest absolute Gasteiger partial charge is 0.507 e. The summed E-state index contributed by atoms with van der Waals surface area (Å²) in [5.41, 5.74) is -0.286. The molecule has 0 bridgehead atoms. The fourth-order valence-electron chi connectivity index (χ4n) is 2.31. The topological polar surface area (TPSA) is 157 Å². The number of hydrogen-bond acceptors (Lipinski definition) is 9. The third kappa shape index (κ3) is 3.38. The molecule has 1 saturated heterocycles. The second-order valence-electron chi connectivity index (χ2n) is 5.21. The van der Waals surface area contributed by atoms with E-state index in [4.69, 9.17) is 14.6 Å². The Morgan fingerprint density at radius 2 is 1.70 bits per heavy atom. The molecule has 0 saturated carbocycles. The van der Waals surface area contributed by atoms with E-state index in [0.29, 0.717) is 0 Å². The van der Waals surface area contributed by atoms with Gasteiger partial charge in [0.25, 0.3) is 0 Å². The molecule has 1 fully saturated rings. The van der Waals surface area contributed by atoms with Crippen LogP contribution >= 0.6 is 0 Å². The van der Waals surface area contributed by atoms with Crippen LogP contribution in [0.25, 0.3) is 0 Å². The lowest BCUT2D eigenvalue weighted by molar-refractivity contribution is -0.277. The first-order chi connectivity index (χ1) is 10.8. The maximum absolute atomic E-state index is 11.3. The number of phenolic OH excluding ortho intramolecular Hbond substituents is 2. The smallest absolute Gasteiger partial charge is 0.229 e. The quantitative estimate of drug-likeness (QED) is 0.361. The number of Topliss-reactive ketones (excluding diaryl/α,β-unsaturated/α-hetero) is 1. The highest BCUT2D eigenvalue weighted by molar-refractivity contribution is 5.99. The Balaban J connectivity index is 2.23. The number of carbonyl (C=O) groups excluding carboxylic acids is 1. The standard InChI is InChI=1S/C14H18O9/c1-5(16)10-7(17)2-6(3-8(10)18)22-14-13(21)12(20)11(19)9(4-15)23-14/h2-3,9,11-15,17-21H,4H2,1H3/t9-,11-,12+,13-,14-/m1/s1. The zero-order valence-corrected chi connectivity index (χ0v) is 12.2. The number of aromatic hydroxyl groups is 2. The number of ether oxygens (including phenoxy) is 2. The van der Waals surface area contributed by atoms with Gasteiger partial charge in [-0.1, -0.05) is 0 Å². The number of ketones is 1. The predicted molar refractivity (Wildman–Crippen MR) is 74.2 cm³/mol. The summed E-state index contributed by atoms with van der Waals surface area (Å²) in [5, 5.41) is 57.7. The van der Waals surface area contributed by atoms with E-state index >= 15 is 0 Å². The summed E-state index contributed by atoms with van der Waals surface area (Å²) < 4.78 is 10.4. The maximum atomic E-state index is 11.3. The second-order valence-corrected chi connectivity index (χ2v) is 5.21. The normalized spacial score (nSPS) is 30.9. The summed E-state index contributed by atoms with van der Waals surface area (Å²) in [4.78, 5) is 11.3. The highest BCUT2D eigenvalue weighted by Crippen LogP contribution is 2.34. The molecule has 0 radical (unpaired) electrons. The van der Waals surface area contributed by atoms with E-state index in [1.165, 1.54) is 0 Å². The number of rotatable bonds is 4. The lowest BCUT2D eigenvalue weighted by Crippen LogP contribution is -2.60. The zero-order valence-electron chi connectivity index (χ0n) is 12.2. The molecule has 0 aliphatic carbocycles. The van der Waals surface area contributed by atoms with E-state index < -0.39 is 54.6 Å². The van der Waals surface area contributed by atoms with Crippen LogP contribution < -0.4 is 4.74 Å². The molecule has 1 aromatic rings. The Hall–Kier alpha value is -1.91. The molecule has 23 heavy (non-hydrogen) atoms. The van der Waals surface area contributed by atoms with Gasteiger partial charge in [0.2, 0.25) is 6.29 Å². The molecule has 5 atom stereocenters. The van der Waals surface area contributed by atoms with Gasteiger partial charge >= 0.3 is 0 Å². The van der Waals surface area contributed by atoms with Gasteiger partial charge in [-0.15, -0.1) is 0 Å². The first kappa shape index (κ1) is 17.4. The molecule has 1 aliphatic heterocycles. The number of aliphatic hydroxyl groups is 4. The van der Waals surface area contributed by atoms with Gasteiger partial charge in [-0.05, 0) is 6.92 Å². The Labute approximate surface area is 130 Å². The summed E-state index contributed by atoms with van der Waals surface area (Å²) in [6.45, 7) is 0.539. The molecular formula is C14H18O9. The second kappa shape index (κ2) is 6.69. The molecule has 6 N–H and O–H groups in total. The predicted octanol–water partition coefficient (Wildman–Crippen LogP) is -1.52. The van der Waals surface area contributed by atoms with Crippen molar-refractivity contribution in [2.24, 2.45) is 0 Å². The Morgan fingerprint density at radius 1 is 1.13 bits per heavy atom. The van der Waals surface area contributed by atoms with Crippen molar-refractivity contribution in [2.75, 3.05) is 6.61 Å². The fraction of sp³-hybridized carbons (Fsp3) is 0.500. The third-order valence-electron chi connectivity index (χ3n) is 3.52. The molecule has 1 aliphatic rings. The van der Waals surface area contributed by atoms with Crippen molar-refractivity contribution in [2.45, 2.75) is 37.6 Å². The van der Waals surface area contributed by atoms with Crippen LogP contribution in [0.5, 0.6) is 17.2 Å². The molecule has 0 unspecified atom stereocenters. The van der Waals surface area contributed by atoms with Gasteiger partial charge < -0.3 is 40.1 Å². The van der Waals surface area contributed by atoms with E-state index in [-0.39, 0.29) is 11.3 Å². The van der Waals surface area contributed by atoms with E-state index in [1.54, 1.807) is 0 Å². The first-order valence-electron chi connectivity index (χ1n) is 6.80. The SMILES string of the molecule is CC(=O)c1c(O)cc(O[C@@H]2O[C@H](CO)[C@@H](O)[C@H](O)[C@H]2O)cc1O. The van der Waals surface area contributed by atoms with E-state index in [9.17, 15) is 30.3 Å². The van der Waals surface area contributed by atoms with Gasteiger partial charge in [0.05, 0.1) is 6.61 Å². The molecule has 1 aromatic carbocycles. The summed E-state index contributed by atoms with van der Waals surface area (Å²) >= 11 is 0. The van der Waals surface area contributed by atoms with Crippen LogP contribution in [0.15, 0.2) is 12.1 Å². The molecular weight excluding hydrogens is 312 g/mol. The number of carbonyl (C=O) groups is 1. The number of benzene rings is 1. The Morgan fingerprint density at radius 3 is 2.17 bits per heavy atom. The minimum Gasteiger partial charge on any atom is -0.507 e. The van der Waals surface area contributed by atoms with Crippen molar-refractivity contribution in [3.63, 3.8) is 0 Å². The van der Waals surface area contributed by atoms with E-state index in [0.717, 1.165) is 19.1 Å². The Kier molecular flexibility index (Phi) is 5.07. The summed E-state index contributed by atoms with van der Waals surface area (Å²) in [7, 11) is 0. The molecule has 0 amide bonds. The number of aliphatic hydroxyl groups excluding tert-OH is 4. The minimum atomic E-state index is -1.63.